The van der Waals surface area contributed by atoms with E-state index in [9.17, 15) is 0 Å². The van der Waals surface area contributed by atoms with Gasteiger partial charge in [0.2, 0.25) is 5.69 Å². The Morgan fingerprint density at radius 1 is 0.810 bits per heavy atom. The van der Waals surface area contributed by atoms with Crippen LogP contribution in [0.15, 0.2) is 41.4 Å². The van der Waals surface area contributed by atoms with Gasteiger partial charge < -0.3 is 0 Å². The maximum absolute atomic E-state index is 4.61. The summed E-state index contributed by atoms with van der Waals surface area (Å²) in [4.78, 5) is 4.61. The molecule has 0 saturated carbocycles. The second kappa shape index (κ2) is 6.49. The molecular weight excluding hydrogens is 256 g/mol. The van der Waals surface area contributed by atoms with E-state index in [0.717, 1.165) is 5.69 Å². The summed E-state index contributed by atoms with van der Waals surface area (Å²) in [6.45, 7) is 8.45. The van der Waals surface area contributed by atoms with Gasteiger partial charge in [0.1, 0.15) is 7.05 Å². The van der Waals surface area contributed by atoms with E-state index < -0.39 is 0 Å². The van der Waals surface area contributed by atoms with Crippen molar-refractivity contribution in [2.45, 2.75) is 27.7 Å². The molecule has 2 rings (SSSR count). The van der Waals surface area contributed by atoms with Crippen LogP contribution in [0.5, 0.6) is 0 Å². The number of benzene rings is 2. The fourth-order valence-corrected chi connectivity index (χ4v) is 2.65. The lowest BCUT2D eigenvalue weighted by atomic mass is 10.1. The SMILES string of the molecule is Cc1cccc(C)c1N=CC=[N+](C)c1c(C)cccc1C. The van der Waals surface area contributed by atoms with Gasteiger partial charge in [-0.3, -0.25) is 4.99 Å². The monoisotopic (exact) mass is 279 g/mol. The maximum atomic E-state index is 4.61. The summed E-state index contributed by atoms with van der Waals surface area (Å²) in [7, 11) is 2.06. The number of rotatable bonds is 3. The first-order chi connectivity index (χ1) is 10.0. The fraction of sp³-hybridized carbons (Fsp3) is 0.263. The Kier molecular flexibility index (Phi) is 4.69. The van der Waals surface area contributed by atoms with E-state index in [1.165, 1.54) is 27.9 Å². The maximum Gasteiger partial charge on any atom is 0.210 e. The van der Waals surface area contributed by atoms with Crippen LogP contribution in [0, 0.1) is 27.7 Å². The molecule has 0 atom stereocenters. The number of para-hydroxylation sites is 2. The Bertz CT molecular complexity index is 669. The van der Waals surface area contributed by atoms with Gasteiger partial charge in [-0.05, 0) is 38.8 Å². The molecule has 0 radical (unpaired) electrons. The van der Waals surface area contributed by atoms with Gasteiger partial charge in [0.25, 0.3) is 0 Å². The third-order valence-corrected chi connectivity index (χ3v) is 3.73. The highest BCUT2D eigenvalue weighted by atomic mass is 15.0. The van der Waals surface area contributed by atoms with Crippen LogP contribution < -0.4 is 0 Å². The zero-order valence-electron chi connectivity index (χ0n) is 13.5. The van der Waals surface area contributed by atoms with Crippen LogP contribution in [-0.2, 0) is 0 Å². The highest BCUT2D eigenvalue weighted by Crippen LogP contribution is 2.23. The average molecular weight is 279 g/mol. The lowest BCUT2D eigenvalue weighted by molar-refractivity contribution is -0.398. The van der Waals surface area contributed by atoms with Crippen LogP contribution in [-0.4, -0.2) is 24.1 Å². The minimum atomic E-state index is 1.06. The summed E-state index contributed by atoms with van der Waals surface area (Å²) in [5.74, 6) is 0. The van der Waals surface area contributed by atoms with Crippen LogP contribution in [0.3, 0.4) is 0 Å². The molecule has 0 heterocycles. The van der Waals surface area contributed by atoms with Gasteiger partial charge in [0.15, 0.2) is 6.21 Å². The third kappa shape index (κ3) is 3.46. The molecule has 0 aliphatic rings. The van der Waals surface area contributed by atoms with Gasteiger partial charge in [0.05, 0.1) is 11.9 Å². The van der Waals surface area contributed by atoms with E-state index in [4.69, 9.17) is 0 Å². The summed E-state index contributed by atoms with van der Waals surface area (Å²) in [5.41, 5.74) is 7.25. The van der Waals surface area contributed by atoms with Crippen molar-refractivity contribution in [3.63, 3.8) is 0 Å². The minimum absolute atomic E-state index is 1.06. The van der Waals surface area contributed by atoms with Gasteiger partial charge in [-0.15, -0.1) is 0 Å². The predicted octanol–water partition coefficient (Wildman–Crippen LogP) is 4.67. The summed E-state index contributed by atoms with van der Waals surface area (Å²) in [6, 6.07) is 12.6. The van der Waals surface area contributed by atoms with Crippen LogP contribution >= 0.6 is 0 Å². The third-order valence-electron chi connectivity index (χ3n) is 3.73. The second-order valence-electron chi connectivity index (χ2n) is 5.52. The zero-order valence-corrected chi connectivity index (χ0v) is 13.5. The van der Waals surface area contributed by atoms with Crippen molar-refractivity contribution in [1.29, 1.82) is 0 Å². The first kappa shape index (κ1) is 15.2. The molecule has 0 saturated heterocycles. The van der Waals surface area contributed by atoms with Crippen molar-refractivity contribution in [3.8, 4) is 0 Å². The highest BCUT2D eigenvalue weighted by Gasteiger charge is 2.10. The van der Waals surface area contributed by atoms with Crippen molar-refractivity contribution in [3.05, 3.63) is 58.7 Å². The highest BCUT2D eigenvalue weighted by molar-refractivity contribution is 6.14. The van der Waals surface area contributed by atoms with Crippen molar-refractivity contribution >= 4 is 23.8 Å². The van der Waals surface area contributed by atoms with E-state index in [1.807, 2.05) is 12.4 Å². The Balaban J connectivity index is 2.31. The number of aryl methyl sites for hydroxylation is 4. The molecule has 0 N–H and O–H groups in total. The van der Waals surface area contributed by atoms with Gasteiger partial charge in [0, 0.05) is 11.1 Å². The number of aliphatic imine (C=N–C) groups is 1. The van der Waals surface area contributed by atoms with Gasteiger partial charge >= 0.3 is 0 Å². The molecule has 0 aliphatic heterocycles. The van der Waals surface area contributed by atoms with Crippen molar-refractivity contribution < 1.29 is 4.58 Å². The van der Waals surface area contributed by atoms with E-state index in [1.54, 1.807) is 0 Å². The summed E-state index contributed by atoms with van der Waals surface area (Å²) in [5, 5.41) is 0. The van der Waals surface area contributed by atoms with Crippen LogP contribution in [0.2, 0.25) is 0 Å². The van der Waals surface area contributed by atoms with E-state index in [-0.39, 0.29) is 0 Å². The minimum Gasteiger partial charge on any atom is -0.250 e. The Hall–Kier alpha value is -2.22. The molecule has 21 heavy (non-hydrogen) atoms. The normalized spacial score (nSPS) is 12.1. The molecule has 0 aliphatic carbocycles. The van der Waals surface area contributed by atoms with E-state index >= 15 is 0 Å². The molecule has 108 valence electrons. The van der Waals surface area contributed by atoms with Gasteiger partial charge in [-0.1, -0.05) is 36.4 Å². The number of hydrogen-bond acceptors (Lipinski definition) is 1. The van der Waals surface area contributed by atoms with Crippen LogP contribution in [0.1, 0.15) is 22.3 Å². The standard InChI is InChI=1S/C19H23N2/c1-14-8-6-9-15(2)18(14)20-12-13-21(5)19-16(3)10-7-11-17(19)4/h6-13H,1-5H3/q+1. The van der Waals surface area contributed by atoms with Crippen LogP contribution in [0.25, 0.3) is 0 Å². The lowest BCUT2D eigenvalue weighted by Crippen LogP contribution is -2.04. The quantitative estimate of drug-likeness (QED) is 0.573. The molecule has 2 nitrogen and oxygen atoms in total. The van der Waals surface area contributed by atoms with E-state index in [0.29, 0.717) is 0 Å². The Morgan fingerprint density at radius 2 is 1.29 bits per heavy atom. The largest absolute Gasteiger partial charge is 0.250 e. The van der Waals surface area contributed by atoms with Gasteiger partial charge in [-0.25, -0.2) is 0 Å². The Morgan fingerprint density at radius 3 is 1.81 bits per heavy atom. The molecular formula is C19H23N2+. The first-order valence-electron chi connectivity index (χ1n) is 7.23. The first-order valence-corrected chi connectivity index (χ1v) is 7.23. The molecule has 2 aromatic rings. The lowest BCUT2D eigenvalue weighted by Gasteiger charge is -2.04. The fourth-order valence-electron chi connectivity index (χ4n) is 2.65. The van der Waals surface area contributed by atoms with Crippen LogP contribution in [0.4, 0.5) is 11.4 Å². The predicted molar refractivity (Wildman–Crippen MR) is 91.9 cm³/mol. The molecule has 0 unspecified atom stereocenters. The van der Waals surface area contributed by atoms with Crippen molar-refractivity contribution in [1.82, 2.24) is 0 Å². The summed E-state index contributed by atoms with van der Waals surface area (Å²) >= 11 is 0. The molecule has 0 spiro atoms. The second-order valence-corrected chi connectivity index (χ2v) is 5.52. The summed E-state index contributed by atoms with van der Waals surface area (Å²) < 4.78 is 2.13. The number of hydrogen-bond donors (Lipinski definition) is 0. The van der Waals surface area contributed by atoms with Crippen molar-refractivity contribution in [2.24, 2.45) is 4.99 Å². The molecule has 0 fully saturated rings. The molecule has 0 aromatic heterocycles. The van der Waals surface area contributed by atoms with Gasteiger partial charge in [-0.2, -0.15) is 4.58 Å². The smallest absolute Gasteiger partial charge is 0.210 e. The zero-order chi connectivity index (χ0) is 15.4. The Labute approximate surface area is 127 Å². The average Bonchev–Trinajstić information content (AvgIpc) is 2.42. The van der Waals surface area contributed by atoms with E-state index in [2.05, 4.69) is 80.7 Å². The molecule has 2 heteroatoms. The summed E-state index contributed by atoms with van der Waals surface area (Å²) in [6.07, 6.45) is 3.89. The number of nitrogens with zero attached hydrogens (tertiary/aromatic N) is 2. The molecule has 0 amide bonds. The molecule has 0 bridgehead atoms. The topological polar surface area (TPSA) is 15.4 Å². The van der Waals surface area contributed by atoms with Crippen molar-refractivity contribution in [2.75, 3.05) is 7.05 Å². The molecule has 2 aromatic carbocycles.